The Kier molecular flexibility index (Phi) is 2.92. The number of hydrogen-bond acceptors (Lipinski definition) is 1. The molecule has 0 N–H and O–H groups in total. The molecule has 0 radical (unpaired) electrons. The second-order valence-electron chi connectivity index (χ2n) is 3.55. The summed E-state index contributed by atoms with van der Waals surface area (Å²) in [6, 6.07) is 9.30. The number of para-hydroxylation sites is 1. The van der Waals surface area contributed by atoms with Crippen LogP contribution in [0.15, 0.2) is 30.3 Å². The van der Waals surface area contributed by atoms with Crippen molar-refractivity contribution >= 4 is 11.6 Å². The van der Waals surface area contributed by atoms with Gasteiger partial charge in [0.2, 0.25) is 0 Å². The van der Waals surface area contributed by atoms with Crippen LogP contribution in [0.4, 0.5) is 4.39 Å². The first-order valence-corrected chi connectivity index (χ1v) is 5.19. The molecular weight excluding hydrogens is 203 g/mol. The van der Waals surface area contributed by atoms with E-state index in [0.29, 0.717) is 18.6 Å². The molecule has 0 saturated heterocycles. The van der Waals surface area contributed by atoms with E-state index in [1.165, 1.54) is 0 Å². The lowest BCUT2D eigenvalue weighted by molar-refractivity contribution is 0.125. The second-order valence-corrected chi connectivity index (χ2v) is 4.17. The number of ether oxygens (including phenoxy) is 1. The maximum Gasteiger partial charge on any atom is 0.138 e. The quantitative estimate of drug-likeness (QED) is 0.688. The molecule has 0 aliphatic heterocycles. The monoisotopic (exact) mass is 214 g/mol. The Balaban J connectivity index is 1.98. The maximum atomic E-state index is 13.3. The van der Waals surface area contributed by atoms with Crippen molar-refractivity contribution in [2.45, 2.75) is 30.5 Å². The Bertz CT molecular complexity index is 291. The summed E-state index contributed by atoms with van der Waals surface area (Å²) in [6.45, 7) is 0. The highest BCUT2D eigenvalue weighted by molar-refractivity contribution is 6.20. The minimum absolute atomic E-state index is 0.0845. The maximum absolute atomic E-state index is 13.3. The van der Waals surface area contributed by atoms with Crippen LogP contribution >= 0.6 is 11.6 Å². The number of rotatable bonds is 2. The molecule has 3 heteroatoms. The first-order valence-electron chi connectivity index (χ1n) is 4.75. The van der Waals surface area contributed by atoms with Gasteiger partial charge in [-0.2, -0.15) is 0 Å². The third-order valence-electron chi connectivity index (χ3n) is 2.40. The molecule has 1 aliphatic rings. The summed E-state index contributed by atoms with van der Waals surface area (Å²) in [6.07, 6.45) is -0.311. The molecule has 0 amide bonds. The van der Waals surface area contributed by atoms with Crippen LogP contribution in [0.2, 0.25) is 0 Å². The van der Waals surface area contributed by atoms with E-state index in [1.54, 1.807) is 0 Å². The molecule has 3 atom stereocenters. The average Bonchev–Trinajstić information content (AvgIpc) is 2.47. The number of halogens is 2. The number of alkyl halides is 2. The number of hydrogen-bond donors (Lipinski definition) is 0. The molecule has 1 fully saturated rings. The van der Waals surface area contributed by atoms with Crippen LogP contribution in [0, 0.1) is 0 Å². The van der Waals surface area contributed by atoms with Gasteiger partial charge in [0, 0.05) is 11.8 Å². The highest BCUT2D eigenvalue weighted by atomic mass is 35.5. The van der Waals surface area contributed by atoms with Crippen molar-refractivity contribution in [3.8, 4) is 5.75 Å². The van der Waals surface area contributed by atoms with E-state index in [2.05, 4.69) is 0 Å². The highest BCUT2D eigenvalue weighted by Gasteiger charge is 2.34. The van der Waals surface area contributed by atoms with E-state index in [4.69, 9.17) is 16.3 Å². The molecule has 1 aromatic carbocycles. The third kappa shape index (κ3) is 2.18. The lowest BCUT2D eigenvalue weighted by Gasteiger charge is -2.15. The van der Waals surface area contributed by atoms with Gasteiger partial charge in [-0.05, 0) is 18.6 Å². The molecule has 2 rings (SSSR count). The molecule has 1 nitrogen and oxygen atoms in total. The van der Waals surface area contributed by atoms with Crippen LogP contribution in [0.25, 0.3) is 0 Å². The molecule has 0 aromatic heterocycles. The van der Waals surface area contributed by atoms with Crippen molar-refractivity contribution in [3.05, 3.63) is 30.3 Å². The van der Waals surface area contributed by atoms with Gasteiger partial charge >= 0.3 is 0 Å². The minimum atomic E-state index is -0.933. The summed E-state index contributed by atoms with van der Waals surface area (Å²) in [7, 11) is 0. The van der Waals surface area contributed by atoms with E-state index in [9.17, 15) is 4.39 Å². The van der Waals surface area contributed by atoms with Crippen LogP contribution in [0.3, 0.4) is 0 Å². The summed E-state index contributed by atoms with van der Waals surface area (Å²) in [5.41, 5.74) is 0. The zero-order chi connectivity index (χ0) is 9.97. The van der Waals surface area contributed by atoms with Crippen molar-refractivity contribution < 1.29 is 9.13 Å². The van der Waals surface area contributed by atoms with Gasteiger partial charge < -0.3 is 4.74 Å². The molecule has 1 aromatic rings. The topological polar surface area (TPSA) is 9.23 Å². The predicted octanol–water partition coefficient (Wildman–Crippen LogP) is 3.17. The SMILES string of the molecule is FC1CC(Cl)CC1Oc1ccccc1. The highest BCUT2D eigenvalue weighted by Crippen LogP contribution is 2.30. The fourth-order valence-corrected chi connectivity index (χ4v) is 2.03. The third-order valence-corrected chi connectivity index (χ3v) is 2.76. The Labute approximate surface area is 87.8 Å². The van der Waals surface area contributed by atoms with Crippen molar-refractivity contribution in [1.29, 1.82) is 0 Å². The van der Waals surface area contributed by atoms with Gasteiger partial charge in [-0.3, -0.25) is 0 Å². The molecule has 0 heterocycles. The van der Waals surface area contributed by atoms with Crippen LogP contribution < -0.4 is 4.74 Å². The Morgan fingerprint density at radius 2 is 1.93 bits per heavy atom. The Morgan fingerprint density at radius 1 is 1.21 bits per heavy atom. The zero-order valence-corrected chi connectivity index (χ0v) is 8.45. The van der Waals surface area contributed by atoms with Crippen molar-refractivity contribution in [2.24, 2.45) is 0 Å². The first kappa shape index (κ1) is 9.78. The van der Waals surface area contributed by atoms with Gasteiger partial charge in [0.25, 0.3) is 0 Å². The van der Waals surface area contributed by atoms with Crippen LogP contribution in [-0.4, -0.2) is 17.7 Å². The minimum Gasteiger partial charge on any atom is -0.487 e. The average molecular weight is 215 g/mol. The van der Waals surface area contributed by atoms with Gasteiger partial charge in [-0.15, -0.1) is 11.6 Å². The Morgan fingerprint density at radius 3 is 2.50 bits per heavy atom. The lowest BCUT2D eigenvalue weighted by atomic mass is 10.3. The summed E-state index contributed by atoms with van der Waals surface area (Å²) in [5.74, 6) is 0.714. The second kappa shape index (κ2) is 4.18. The largest absolute Gasteiger partial charge is 0.487 e. The van der Waals surface area contributed by atoms with Crippen LogP contribution in [0.5, 0.6) is 5.75 Å². The fourth-order valence-electron chi connectivity index (χ4n) is 1.69. The van der Waals surface area contributed by atoms with E-state index in [0.717, 1.165) is 0 Å². The molecule has 0 bridgehead atoms. The molecule has 3 unspecified atom stereocenters. The van der Waals surface area contributed by atoms with E-state index in [1.807, 2.05) is 30.3 Å². The molecular formula is C11H12ClFO. The fraction of sp³-hybridized carbons (Fsp3) is 0.455. The standard InChI is InChI=1S/C11H12ClFO/c12-8-6-10(13)11(7-8)14-9-4-2-1-3-5-9/h1-5,8,10-11H,6-7H2. The molecule has 14 heavy (non-hydrogen) atoms. The van der Waals surface area contributed by atoms with Gasteiger partial charge in [0.15, 0.2) is 0 Å². The molecule has 1 saturated carbocycles. The first-order chi connectivity index (χ1) is 6.75. The van der Waals surface area contributed by atoms with Crippen molar-refractivity contribution in [2.75, 3.05) is 0 Å². The molecule has 0 spiro atoms. The molecule has 76 valence electrons. The summed E-state index contributed by atoms with van der Waals surface area (Å²) < 4.78 is 18.8. The van der Waals surface area contributed by atoms with E-state index < -0.39 is 6.17 Å². The van der Waals surface area contributed by atoms with E-state index in [-0.39, 0.29) is 11.5 Å². The summed E-state index contributed by atoms with van der Waals surface area (Å²) in [4.78, 5) is 0. The van der Waals surface area contributed by atoms with Crippen LogP contribution in [-0.2, 0) is 0 Å². The van der Waals surface area contributed by atoms with Crippen molar-refractivity contribution in [1.82, 2.24) is 0 Å². The van der Waals surface area contributed by atoms with Crippen LogP contribution in [0.1, 0.15) is 12.8 Å². The van der Waals surface area contributed by atoms with Crippen molar-refractivity contribution in [3.63, 3.8) is 0 Å². The normalized spacial score (nSPS) is 31.7. The van der Waals surface area contributed by atoms with E-state index >= 15 is 0 Å². The Hall–Kier alpha value is -0.760. The van der Waals surface area contributed by atoms with Gasteiger partial charge in [0.05, 0.1) is 0 Å². The zero-order valence-electron chi connectivity index (χ0n) is 7.70. The smallest absolute Gasteiger partial charge is 0.138 e. The van der Waals surface area contributed by atoms with Gasteiger partial charge in [-0.25, -0.2) is 4.39 Å². The summed E-state index contributed by atoms with van der Waals surface area (Å²) in [5, 5.41) is -0.0845. The molecule has 1 aliphatic carbocycles. The van der Waals surface area contributed by atoms with Gasteiger partial charge in [-0.1, -0.05) is 18.2 Å². The number of benzene rings is 1. The summed E-state index contributed by atoms with van der Waals surface area (Å²) >= 11 is 5.85. The van der Waals surface area contributed by atoms with Gasteiger partial charge in [0.1, 0.15) is 18.0 Å². The predicted molar refractivity (Wildman–Crippen MR) is 54.6 cm³/mol. The lowest BCUT2D eigenvalue weighted by Crippen LogP contribution is -2.22.